The maximum Gasteiger partial charge on any atom is 0.309 e. The van der Waals surface area contributed by atoms with Crippen LogP contribution in [0.3, 0.4) is 0 Å². The Labute approximate surface area is 90.8 Å². The smallest absolute Gasteiger partial charge is 0.309 e. The van der Waals surface area contributed by atoms with Crippen molar-refractivity contribution in [2.75, 3.05) is 6.61 Å². The Hall–Kier alpha value is -0.570. The second-order valence-corrected chi connectivity index (χ2v) is 5.10. The summed E-state index contributed by atoms with van der Waals surface area (Å²) in [5, 5.41) is 10.1. The highest BCUT2D eigenvalue weighted by molar-refractivity contribution is 5.73. The van der Waals surface area contributed by atoms with Gasteiger partial charge in [-0.25, -0.2) is 0 Å². The molecule has 2 rings (SSSR count). The zero-order valence-corrected chi connectivity index (χ0v) is 9.53. The molecule has 0 aliphatic heterocycles. The van der Waals surface area contributed by atoms with Crippen molar-refractivity contribution in [3.8, 4) is 0 Å². The Kier molecular flexibility index (Phi) is 2.75. The van der Waals surface area contributed by atoms with E-state index < -0.39 is 5.60 Å². The second-order valence-electron chi connectivity index (χ2n) is 5.10. The molecule has 0 aromatic heterocycles. The van der Waals surface area contributed by atoms with E-state index in [1.54, 1.807) is 0 Å². The maximum absolute atomic E-state index is 11.7. The van der Waals surface area contributed by atoms with Gasteiger partial charge in [0.25, 0.3) is 0 Å². The quantitative estimate of drug-likeness (QED) is 0.709. The Morgan fingerprint density at radius 3 is 2.87 bits per heavy atom. The maximum atomic E-state index is 11.7. The van der Waals surface area contributed by atoms with Gasteiger partial charge in [0.1, 0.15) is 0 Å². The van der Waals surface area contributed by atoms with Crippen LogP contribution in [0.2, 0.25) is 0 Å². The van der Waals surface area contributed by atoms with Crippen molar-refractivity contribution in [1.82, 2.24) is 0 Å². The van der Waals surface area contributed by atoms with Crippen LogP contribution in [0.25, 0.3) is 0 Å². The van der Waals surface area contributed by atoms with Crippen LogP contribution < -0.4 is 0 Å². The number of hydrogen-bond acceptors (Lipinski definition) is 3. The molecule has 0 amide bonds. The molecule has 2 aliphatic carbocycles. The van der Waals surface area contributed by atoms with Gasteiger partial charge in [-0.3, -0.25) is 4.79 Å². The third-order valence-electron chi connectivity index (χ3n) is 4.19. The lowest BCUT2D eigenvalue weighted by Gasteiger charge is -2.24. The normalized spacial score (nSPS) is 44.1. The monoisotopic (exact) mass is 212 g/mol. The molecule has 0 saturated heterocycles. The van der Waals surface area contributed by atoms with Crippen LogP contribution in [0.5, 0.6) is 0 Å². The van der Waals surface area contributed by atoms with Crippen molar-refractivity contribution in [3.05, 3.63) is 0 Å². The van der Waals surface area contributed by atoms with Gasteiger partial charge in [-0.2, -0.15) is 0 Å². The molecule has 2 aliphatic rings. The highest BCUT2D eigenvalue weighted by atomic mass is 16.5. The number of ether oxygens (including phenoxy) is 1. The second kappa shape index (κ2) is 3.78. The minimum atomic E-state index is -0.550. The van der Waals surface area contributed by atoms with Gasteiger partial charge in [-0.1, -0.05) is 0 Å². The summed E-state index contributed by atoms with van der Waals surface area (Å²) in [5.74, 6) is 0.664. The first-order chi connectivity index (χ1) is 7.06. The predicted molar refractivity (Wildman–Crippen MR) is 56.2 cm³/mol. The van der Waals surface area contributed by atoms with Gasteiger partial charge < -0.3 is 9.84 Å². The van der Waals surface area contributed by atoms with E-state index in [9.17, 15) is 9.90 Å². The molecule has 0 heterocycles. The zero-order valence-electron chi connectivity index (χ0n) is 9.53. The fraction of sp³-hybridized carbons (Fsp3) is 0.917. The van der Waals surface area contributed by atoms with Crippen molar-refractivity contribution >= 4 is 5.97 Å². The van der Waals surface area contributed by atoms with Crippen LogP contribution in [-0.2, 0) is 9.53 Å². The SMILES string of the molecule is CCOC(=O)[C@H]1CC[C@H]2[C@@H]1CC[C@@]2(C)O. The number of rotatable bonds is 2. The summed E-state index contributed by atoms with van der Waals surface area (Å²) in [6.07, 6.45) is 3.67. The molecule has 0 aromatic carbocycles. The van der Waals surface area contributed by atoms with Gasteiger partial charge >= 0.3 is 5.97 Å². The van der Waals surface area contributed by atoms with E-state index in [0.717, 1.165) is 25.7 Å². The average molecular weight is 212 g/mol. The van der Waals surface area contributed by atoms with Crippen molar-refractivity contribution in [2.45, 2.75) is 45.1 Å². The summed E-state index contributed by atoms with van der Waals surface area (Å²) >= 11 is 0. The molecule has 0 unspecified atom stereocenters. The van der Waals surface area contributed by atoms with E-state index in [-0.39, 0.29) is 11.9 Å². The molecule has 0 bridgehead atoms. The summed E-state index contributed by atoms with van der Waals surface area (Å²) in [4.78, 5) is 11.7. The van der Waals surface area contributed by atoms with Crippen LogP contribution >= 0.6 is 0 Å². The van der Waals surface area contributed by atoms with Crippen molar-refractivity contribution in [1.29, 1.82) is 0 Å². The third kappa shape index (κ3) is 1.78. The zero-order chi connectivity index (χ0) is 11.1. The summed E-state index contributed by atoms with van der Waals surface area (Å²) < 4.78 is 5.08. The summed E-state index contributed by atoms with van der Waals surface area (Å²) in [6, 6.07) is 0. The van der Waals surface area contributed by atoms with Crippen molar-refractivity contribution < 1.29 is 14.6 Å². The van der Waals surface area contributed by atoms with Gasteiger partial charge in [-0.15, -0.1) is 0 Å². The Morgan fingerprint density at radius 1 is 1.47 bits per heavy atom. The molecule has 4 atom stereocenters. The van der Waals surface area contributed by atoms with E-state index in [1.807, 2.05) is 13.8 Å². The number of fused-ring (bicyclic) bond motifs is 1. The van der Waals surface area contributed by atoms with Crippen molar-refractivity contribution in [3.63, 3.8) is 0 Å². The first kappa shape index (κ1) is 10.9. The van der Waals surface area contributed by atoms with Crippen LogP contribution in [0, 0.1) is 17.8 Å². The number of carbonyl (C=O) groups excluding carboxylic acids is 1. The number of aliphatic hydroxyl groups is 1. The Bertz CT molecular complexity index is 260. The van der Waals surface area contributed by atoms with Crippen LogP contribution in [-0.4, -0.2) is 23.3 Å². The highest BCUT2D eigenvalue weighted by Crippen LogP contribution is 2.52. The topological polar surface area (TPSA) is 46.5 Å². The minimum absolute atomic E-state index is 0.0453. The molecule has 2 saturated carbocycles. The predicted octanol–water partition coefficient (Wildman–Crippen LogP) is 1.74. The van der Waals surface area contributed by atoms with Gasteiger partial charge in [0, 0.05) is 0 Å². The van der Waals surface area contributed by atoms with Gasteiger partial charge in [0.15, 0.2) is 0 Å². The fourth-order valence-electron chi connectivity index (χ4n) is 3.43. The number of esters is 1. The summed E-state index contributed by atoms with van der Waals surface area (Å²) in [5.41, 5.74) is -0.550. The van der Waals surface area contributed by atoms with Crippen LogP contribution in [0.4, 0.5) is 0 Å². The lowest BCUT2D eigenvalue weighted by Crippen LogP contribution is -2.30. The highest BCUT2D eigenvalue weighted by Gasteiger charge is 2.52. The molecule has 0 aromatic rings. The molecular weight excluding hydrogens is 192 g/mol. The molecule has 3 nitrogen and oxygen atoms in total. The lowest BCUT2D eigenvalue weighted by molar-refractivity contribution is -0.149. The Balaban J connectivity index is 2.05. The molecular formula is C12H20O3. The minimum Gasteiger partial charge on any atom is -0.466 e. The molecule has 15 heavy (non-hydrogen) atoms. The Morgan fingerprint density at radius 2 is 2.20 bits per heavy atom. The summed E-state index contributed by atoms with van der Waals surface area (Å²) in [7, 11) is 0. The largest absolute Gasteiger partial charge is 0.466 e. The molecule has 2 fully saturated rings. The molecule has 0 radical (unpaired) electrons. The van der Waals surface area contributed by atoms with E-state index in [2.05, 4.69) is 0 Å². The van der Waals surface area contributed by atoms with Crippen LogP contribution in [0.1, 0.15) is 39.5 Å². The van der Waals surface area contributed by atoms with Gasteiger partial charge in [-0.05, 0) is 51.4 Å². The van der Waals surface area contributed by atoms with E-state index >= 15 is 0 Å². The van der Waals surface area contributed by atoms with E-state index in [4.69, 9.17) is 4.74 Å². The van der Waals surface area contributed by atoms with E-state index in [0.29, 0.717) is 18.4 Å². The molecule has 1 N–H and O–H groups in total. The first-order valence-electron chi connectivity index (χ1n) is 5.95. The fourth-order valence-corrected chi connectivity index (χ4v) is 3.43. The van der Waals surface area contributed by atoms with E-state index in [1.165, 1.54) is 0 Å². The lowest BCUT2D eigenvalue weighted by atomic mass is 9.87. The summed E-state index contributed by atoms with van der Waals surface area (Å²) in [6.45, 7) is 4.21. The molecule has 86 valence electrons. The standard InChI is InChI=1S/C12H20O3/c1-3-15-11(13)9-4-5-10-8(9)6-7-12(10,2)14/h8-10,14H,3-7H2,1-2H3/t8-,9+,10+,12-/m1/s1. The number of hydrogen-bond donors (Lipinski definition) is 1. The van der Waals surface area contributed by atoms with Gasteiger partial charge in [0.2, 0.25) is 0 Å². The van der Waals surface area contributed by atoms with Crippen molar-refractivity contribution in [2.24, 2.45) is 17.8 Å². The molecule has 3 heteroatoms. The average Bonchev–Trinajstić information content (AvgIpc) is 2.69. The van der Waals surface area contributed by atoms with Crippen LogP contribution in [0.15, 0.2) is 0 Å². The van der Waals surface area contributed by atoms with Gasteiger partial charge in [0.05, 0.1) is 18.1 Å². The third-order valence-corrected chi connectivity index (χ3v) is 4.19. The molecule has 0 spiro atoms. The first-order valence-corrected chi connectivity index (χ1v) is 5.95. The number of carbonyl (C=O) groups is 1.